The van der Waals surface area contributed by atoms with E-state index in [-0.39, 0.29) is 12.4 Å². The maximum absolute atomic E-state index is 9.65. The molecule has 1 aromatic carbocycles. The quantitative estimate of drug-likeness (QED) is 0.749. The molecule has 0 aromatic heterocycles. The molecule has 3 nitrogen and oxygen atoms in total. The maximum atomic E-state index is 9.65. The molecule has 1 aliphatic rings. The Morgan fingerprint density at radius 2 is 2.06 bits per heavy atom. The highest BCUT2D eigenvalue weighted by atomic mass is 16.3. The number of phenolic OH excluding ortho intramolecular Hbond substituents is 1. The molecule has 94 valence electrons. The minimum absolute atomic E-state index is 0.0347. The predicted octanol–water partition coefficient (Wildman–Crippen LogP) is 2.13. The van der Waals surface area contributed by atoms with Crippen molar-refractivity contribution < 1.29 is 10.2 Å². The zero-order valence-electron chi connectivity index (χ0n) is 10.3. The molecule has 0 aliphatic heterocycles. The average Bonchev–Trinajstić information content (AvgIpc) is 2.81. The molecule has 0 heterocycles. The van der Waals surface area contributed by atoms with Crippen molar-refractivity contribution in [3.05, 3.63) is 29.8 Å². The Kier molecular flexibility index (Phi) is 3.69. The molecular weight excluding hydrogens is 214 g/mol. The summed E-state index contributed by atoms with van der Waals surface area (Å²) in [5.74, 6) is 0.246. The molecule has 1 saturated carbocycles. The number of aromatic hydroxyl groups is 1. The molecule has 0 saturated heterocycles. The molecule has 3 heteroatoms. The molecule has 3 N–H and O–H groups in total. The van der Waals surface area contributed by atoms with Crippen LogP contribution in [0, 0.1) is 0 Å². The maximum Gasteiger partial charge on any atom is 0.115 e. The van der Waals surface area contributed by atoms with Gasteiger partial charge in [0, 0.05) is 6.04 Å². The lowest BCUT2D eigenvalue weighted by molar-refractivity contribution is 0.161. The second-order valence-electron chi connectivity index (χ2n) is 5.17. The van der Waals surface area contributed by atoms with Crippen LogP contribution in [-0.4, -0.2) is 22.9 Å². The van der Waals surface area contributed by atoms with Gasteiger partial charge in [-0.15, -0.1) is 0 Å². The second kappa shape index (κ2) is 5.07. The zero-order chi connectivity index (χ0) is 12.3. The highest BCUT2D eigenvalue weighted by Crippen LogP contribution is 2.27. The Labute approximate surface area is 102 Å². The van der Waals surface area contributed by atoms with Crippen LogP contribution < -0.4 is 5.32 Å². The van der Waals surface area contributed by atoms with Gasteiger partial charge in [-0.25, -0.2) is 0 Å². The Morgan fingerprint density at radius 3 is 2.65 bits per heavy atom. The SMILES string of the molecule is CC(CO)(NC1CCCC1)c1cccc(O)c1. The summed E-state index contributed by atoms with van der Waals surface area (Å²) in [5, 5.41) is 22.7. The molecule has 1 fully saturated rings. The summed E-state index contributed by atoms with van der Waals surface area (Å²) in [5.41, 5.74) is 0.472. The molecule has 0 spiro atoms. The van der Waals surface area contributed by atoms with Crippen molar-refractivity contribution in [2.75, 3.05) is 6.61 Å². The van der Waals surface area contributed by atoms with E-state index in [0.717, 1.165) is 5.56 Å². The number of hydrogen-bond donors (Lipinski definition) is 3. The van der Waals surface area contributed by atoms with Crippen LogP contribution in [0.4, 0.5) is 0 Å². The molecule has 1 unspecified atom stereocenters. The monoisotopic (exact) mass is 235 g/mol. The highest BCUT2D eigenvalue weighted by Gasteiger charge is 2.30. The first-order valence-corrected chi connectivity index (χ1v) is 6.32. The molecule has 1 aromatic rings. The van der Waals surface area contributed by atoms with Gasteiger partial charge in [-0.3, -0.25) is 0 Å². The van der Waals surface area contributed by atoms with Crippen molar-refractivity contribution in [2.24, 2.45) is 0 Å². The number of rotatable bonds is 4. The van der Waals surface area contributed by atoms with Gasteiger partial charge in [0.25, 0.3) is 0 Å². The number of hydrogen-bond acceptors (Lipinski definition) is 3. The van der Waals surface area contributed by atoms with Crippen molar-refractivity contribution in [1.82, 2.24) is 5.32 Å². The van der Waals surface area contributed by atoms with Crippen LogP contribution in [0.15, 0.2) is 24.3 Å². The van der Waals surface area contributed by atoms with Gasteiger partial charge in [0.2, 0.25) is 0 Å². The number of phenols is 1. The van der Waals surface area contributed by atoms with E-state index in [2.05, 4.69) is 5.32 Å². The molecular formula is C14H21NO2. The van der Waals surface area contributed by atoms with E-state index in [1.54, 1.807) is 12.1 Å². The molecule has 1 aliphatic carbocycles. The summed E-state index contributed by atoms with van der Waals surface area (Å²) in [6.45, 7) is 2.02. The molecule has 2 rings (SSSR count). The fourth-order valence-electron chi connectivity index (χ4n) is 2.59. The van der Waals surface area contributed by atoms with Gasteiger partial charge < -0.3 is 15.5 Å². The van der Waals surface area contributed by atoms with E-state index < -0.39 is 5.54 Å². The van der Waals surface area contributed by atoms with Gasteiger partial charge in [-0.1, -0.05) is 25.0 Å². The molecule has 0 radical (unpaired) electrons. The summed E-state index contributed by atoms with van der Waals surface area (Å²) < 4.78 is 0. The van der Waals surface area contributed by atoms with E-state index in [9.17, 15) is 10.2 Å². The van der Waals surface area contributed by atoms with Gasteiger partial charge in [0.05, 0.1) is 12.1 Å². The lowest BCUT2D eigenvalue weighted by Gasteiger charge is -2.33. The van der Waals surface area contributed by atoms with E-state index in [1.807, 2.05) is 19.1 Å². The lowest BCUT2D eigenvalue weighted by Crippen LogP contribution is -2.47. The van der Waals surface area contributed by atoms with Crippen LogP contribution in [0.5, 0.6) is 5.75 Å². The van der Waals surface area contributed by atoms with E-state index in [0.29, 0.717) is 6.04 Å². The smallest absolute Gasteiger partial charge is 0.115 e. The summed E-state index contributed by atoms with van der Waals surface area (Å²) in [6, 6.07) is 7.61. The Hall–Kier alpha value is -1.06. The third kappa shape index (κ3) is 2.79. The number of aliphatic hydroxyl groups excluding tert-OH is 1. The molecule has 1 atom stereocenters. The predicted molar refractivity (Wildman–Crippen MR) is 67.9 cm³/mol. The normalized spacial score (nSPS) is 20.4. The number of aliphatic hydroxyl groups is 1. The number of nitrogens with one attached hydrogen (secondary N) is 1. The van der Waals surface area contributed by atoms with Crippen LogP contribution in [0.2, 0.25) is 0 Å². The largest absolute Gasteiger partial charge is 0.508 e. The minimum atomic E-state index is -0.465. The van der Waals surface area contributed by atoms with Crippen LogP contribution in [0.25, 0.3) is 0 Å². The van der Waals surface area contributed by atoms with Gasteiger partial charge in [0.15, 0.2) is 0 Å². The summed E-state index contributed by atoms with van der Waals surface area (Å²) in [7, 11) is 0. The zero-order valence-corrected chi connectivity index (χ0v) is 10.3. The first-order chi connectivity index (χ1) is 8.14. The van der Waals surface area contributed by atoms with Crippen molar-refractivity contribution in [2.45, 2.75) is 44.2 Å². The van der Waals surface area contributed by atoms with Crippen molar-refractivity contribution in [3.63, 3.8) is 0 Å². The Bertz CT molecular complexity index is 374. The lowest BCUT2D eigenvalue weighted by atomic mass is 9.91. The molecule has 17 heavy (non-hydrogen) atoms. The summed E-state index contributed by atoms with van der Waals surface area (Å²) in [6.07, 6.45) is 4.88. The first kappa shape index (κ1) is 12.4. The van der Waals surface area contributed by atoms with Crippen molar-refractivity contribution in [1.29, 1.82) is 0 Å². The van der Waals surface area contributed by atoms with E-state index >= 15 is 0 Å². The van der Waals surface area contributed by atoms with Crippen LogP contribution >= 0.6 is 0 Å². The third-order valence-electron chi connectivity index (χ3n) is 3.68. The third-order valence-corrected chi connectivity index (χ3v) is 3.68. The fourth-order valence-corrected chi connectivity index (χ4v) is 2.59. The highest BCUT2D eigenvalue weighted by molar-refractivity contribution is 5.32. The van der Waals surface area contributed by atoms with Crippen LogP contribution in [0.3, 0.4) is 0 Å². The first-order valence-electron chi connectivity index (χ1n) is 6.32. The second-order valence-corrected chi connectivity index (χ2v) is 5.17. The van der Waals surface area contributed by atoms with Gasteiger partial charge >= 0.3 is 0 Å². The van der Waals surface area contributed by atoms with Gasteiger partial charge in [0.1, 0.15) is 5.75 Å². The Balaban J connectivity index is 2.17. The fraction of sp³-hybridized carbons (Fsp3) is 0.571. The van der Waals surface area contributed by atoms with Crippen LogP contribution in [-0.2, 0) is 5.54 Å². The van der Waals surface area contributed by atoms with Gasteiger partial charge in [-0.2, -0.15) is 0 Å². The van der Waals surface area contributed by atoms with E-state index in [4.69, 9.17) is 0 Å². The number of benzene rings is 1. The molecule has 0 amide bonds. The summed E-state index contributed by atoms with van der Waals surface area (Å²) >= 11 is 0. The van der Waals surface area contributed by atoms with E-state index in [1.165, 1.54) is 25.7 Å². The topological polar surface area (TPSA) is 52.5 Å². The molecule has 0 bridgehead atoms. The van der Waals surface area contributed by atoms with Crippen LogP contribution in [0.1, 0.15) is 38.2 Å². The van der Waals surface area contributed by atoms with Crippen molar-refractivity contribution in [3.8, 4) is 5.75 Å². The standard InChI is InChI=1S/C14H21NO2/c1-14(10-16,15-12-6-2-3-7-12)11-5-4-8-13(17)9-11/h4-5,8-9,12,15-17H,2-3,6-7,10H2,1H3. The van der Waals surface area contributed by atoms with Crippen molar-refractivity contribution >= 4 is 0 Å². The van der Waals surface area contributed by atoms with Gasteiger partial charge in [-0.05, 0) is 37.5 Å². The minimum Gasteiger partial charge on any atom is -0.508 e. The summed E-state index contributed by atoms with van der Waals surface area (Å²) in [4.78, 5) is 0. The Morgan fingerprint density at radius 1 is 1.35 bits per heavy atom. The average molecular weight is 235 g/mol.